The van der Waals surface area contributed by atoms with E-state index in [-0.39, 0.29) is 42.4 Å². The predicted octanol–water partition coefficient (Wildman–Crippen LogP) is 2.46. The summed E-state index contributed by atoms with van der Waals surface area (Å²) in [4.78, 5) is 48.8. The van der Waals surface area contributed by atoms with Crippen LogP contribution in [0.1, 0.15) is 50.8 Å². The van der Waals surface area contributed by atoms with Gasteiger partial charge in [0.05, 0.1) is 12.7 Å². The fourth-order valence-electron chi connectivity index (χ4n) is 4.52. The monoisotopic (exact) mass is 463 g/mol. The van der Waals surface area contributed by atoms with Gasteiger partial charge < -0.3 is 15.1 Å². The Morgan fingerprint density at radius 3 is 2.44 bits per heavy atom. The Balaban J connectivity index is 1.80. The first-order chi connectivity index (χ1) is 16.2. The number of nitrogens with one attached hydrogen (secondary N) is 1. The number of nitrogens with zero attached hydrogens (tertiary/aromatic N) is 4. The molecule has 3 amide bonds. The number of hydrogen-bond acceptors (Lipinski definition) is 5. The number of rotatable bonds is 5. The van der Waals surface area contributed by atoms with Gasteiger partial charge in [-0.15, -0.1) is 0 Å². The van der Waals surface area contributed by atoms with E-state index in [9.17, 15) is 14.4 Å². The lowest BCUT2D eigenvalue weighted by Crippen LogP contribution is -2.50. The molecule has 180 valence electrons. The second-order valence-electron chi connectivity index (χ2n) is 10.1. The Bertz CT molecular complexity index is 1040. The topological polar surface area (TPSA) is 85.8 Å². The number of hydrogen-bond donors (Lipinski definition) is 1. The molecule has 0 aliphatic carbocycles. The van der Waals surface area contributed by atoms with Crippen LogP contribution in [-0.4, -0.2) is 65.4 Å². The third kappa shape index (κ3) is 4.82. The van der Waals surface area contributed by atoms with E-state index in [0.717, 1.165) is 18.5 Å². The van der Waals surface area contributed by atoms with Crippen molar-refractivity contribution < 1.29 is 14.4 Å². The van der Waals surface area contributed by atoms with Crippen LogP contribution in [0.3, 0.4) is 0 Å². The van der Waals surface area contributed by atoms with Crippen molar-refractivity contribution in [1.82, 2.24) is 20.1 Å². The molecule has 1 aromatic carbocycles. The van der Waals surface area contributed by atoms with Crippen LogP contribution in [0.5, 0.6) is 0 Å². The molecule has 4 rings (SSSR count). The second kappa shape index (κ2) is 9.54. The molecule has 34 heavy (non-hydrogen) atoms. The minimum atomic E-state index is -0.927. The number of aromatic nitrogens is 1. The van der Waals surface area contributed by atoms with Crippen molar-refractivity contribution in [3.05, 3.63) is 59.9 Å². The number of amides is 3. The molecule has 2 aliphatic heterocycles. The van der Waals surface area contributed by atoms with Crippen LogP contribution in [0.2, 0.25) is 0 Å². The fourth-order valence-corrected chi connectivity index (χ4v) is 4.52. The molecule has 2 aliphatic rings. The molecule has 2 fully saturated rings. The molecule has 3 heterocycles. The van der Waals surface area contributed by atoms with Crippen molar-refractivity contribution in [1.29, 1.82) is 0 Å². The molecule has 1 N–H and O–H groups in total. The van der Waals surface area contributed by atoms with Crippen molar-refractivity contribution in [2.75, 3.05) is 31.7 Å². The molecule has 0 radical (unpaired) electrons. The van der Waals surface area contributed by atoms with Crippen LogP contribution >= 0.6 is 0 Å². The van der Waals surface area contributed by atoms with Gasteiger partial charge in [-0.05, 0) is 48.6 Å². The van der Waals surface area contributed by atoms with E-state index in [2.05, 4.69) is 31.1 Å². The van der Waals surface area contributed by atoms with Crippen LogP contribution in [0.4, 0.5) is 5.69 Å². The molecule has 1 aromatic heterocycles. The summed E-state index contributed by atoms with van der Waals surface area (Å²) in [7, 11) is 1.67. The number of anilines is 1. The first-order valence-electron chi connectivity index (χ1n) is 11.8. The summed E-state index contributed by atoms with van der Waals surface area (Å²) in [5.41, 5.74) is 2.35. The standard InChI is InChI=1S/C26H33N5O3/c1-26(2,3)19-9-11-20(12-10-19)31(24(33)21-8-6-14-28-21)23(18-7-5-13-27-15-18)25(34)30-16-22(32)29(4)17-30/h5,7,9-13,15,21,23,28H,6,8,14,16-17H2,1-4H3. The molecule has 0 spiro atoms. The third-order valence-electron chi connectivity index (χ3n) is 6.55. The Kier molecular flexibility index (Phi) is 6.70. The molecular weight excluding hydrogens is 430 g/mol. The van der Waals surface area contributed by atoms with Crippen molar-refractivity contribution in [3.8, 4) is 0 Å². The highest BCUT2D eigenvalue weighted by atomic mass is 16.2. The predicted molar refractivity (Wildman–Crippen MR) is 130 cm³/mol. The largest absolute Gasteiger partial charge is 0.326 e. The first kappa shape index (κ1) is 23.9. The van der Waals surface area contributed by atoms with Crippen molar-refractivity contribution >= 4 is 23.4 Å². The molecule has 8 heteroatoms. The highest BCUT2D eigenvalue weighted by Crippen LogP contribution is 2.33. The minimum Gasteiger partial charge on any atom is -0.326 e. The Hall–Kier alpha value is -3.26. The van der Waals surface area contributed by atoms with Crippen molar-refractivity contribution in [2.45, 2.75) is 51.1 Å². The summed E-state index contributed by atoms with van der Waals surface area (Å²) in [5.74, 6) is -0.567. The van der Waals surface area contributed by atoms with Gasteiger partial charge >= 0.3 is 0 Å². The van der Waals surface area contributed by atoms with Crippen LogP contribution in [-0.2, 0) is 19.8 Å². The molecule has 0 bridgehead atoms. The van der Waals surface area contributed by atoms with Gasteiger partial charge in [0.25, 0.3) is 5.91 Å². The average molecular weight is 464 g/mol. The smallest absolute Gasteiger partial charge is 0.252 e. The highest BCUT2D eigenvalue weighted by molar-refractivity contribution is 6.04. The van der Waals surface area contributed by atoms with E-state index in [1.165, 1.54) is 9.80 Å². The van der Waals surface area contributed by atoms with Gasteiger partial charge in [0.2, 0.25) is 11.8 Å². The summed E-state index contributed by atoms with van der Waals surface area (Å²) >= 11 is 0. The molecule has 2 aromatic rings. The summed E-state index contributed by atoms with van der Waals surface area (Å²) < 4.78 is 0. The zero-order valence-electron chi connectivity index (χ0n) is 20.3. The van der Waals surface area contributed by atoms with Gasteiger partial charge in [0, 0.05) is 30.7 Å². The number of carbonyl (C=O) groups excluding carboxylic acids is 3. The summed E-state index contributed by atoms with van der Waals surface area (Å²) in [5, 5.41) is 3.28. The number of pyridine rings is 1. The zero-order chi connectivity index (χ0) is 24.5. The van der Waals surface area contributed by atoms with Crippen molar-refractivity contribution in [2.24, 2.45) is 0 Å². The first-order valence-corrected chi connectivity index (χ1v) is 11.8. The van der Waals surface area contributed by atoms with E-state index in [1.807, 2.05) is 30.3 Å². The normalized spacial score (nSPS) is 19.4. The van der Waals surface area contributed by atoms with Gasteiger partial charge in [-0.2, -0.15) is 0 Å². The maximum absolute atomic E-state index is 13.9. The van der Waals surface area contributed by atoms with E-state index in [4.69, 9.17) is 0 Å². The van der Waals surface area contributed by atoms with Crippen LogP contribution < -0.4 is 10.2 Å². The third-order valence-corrected chi connectivity index (χ3v) is 6.55. The molecule has 2 atom stereocenters. The fraction of sp³-hybridized carbons (Fsp3) is 0.462. The molecule has 2 unspecified atom stereocenters. The molecule has 2 saturated heterocycles. The molecular formula is C26H33N5O3. The maximum Gasteiger partial charge on any atom is 0.252 e. The number of carbonyl (C=O) groups is 3. The highest BCUT2D eigenvalue weighted by Gasteiger charge is 2.41. The molecule has 8 nitrogen and oxygen atoms in total. The average Bonchev–Trinajstić information content (AvgIpc) is 3.47. The number of benzene rings is 1. The molecule has 0 saturated carbocycles. The van der Waals surface area contributed by atoms with E-state index >= 15 is 0 Å². The Labute approximate surface area is 200 Å². The lowest BCUT2D eigenvalue weighted by molar-refractivity contribution is -0.135. The lowest BCUT2D eigenvalue weighted by atomic mass is 9.87. The van der Waals surface area contributed by atoms with Gasteiger partial charge in [-0.3, -0.25) is 24.3 Å². The lowest BCUT2D eigenvalue weighted by Gasteiger charge is -2.35. The van der Waals surface area contributed by atoms with Crippen LogP contribution in [0.15, 0.2) is 48.8 Å². The van der Waals surface area contributed by atoms with E-state index in [1.54, 1.807) is 30.4 Å². The zero-order valence-corrected chi connectivity index (χ0v) is 20.3. The van der Waals surface area contributed by atoms with Gasteiger partial charge in [0.15, 0.2) is 0 Å². The van der Waals surface area contributed by atoms with E-state index < -0.39 is 6.04 Å². The van der Waals surface area contributed by atoms with Crippen LogP contribution in [0.25, 0.3) is 0 Å². The second-order valence-corrected chi connectivity index (χ2v) is 10.1. The van der Waals surface area contributed by atoms with Gasteiger partial charge in [-0.25, -0.2) is 0 Å². The summed E-state index contributed by atoms with van der Waals surface area (Å²) in [6, 6.07) is 10.1. The van der Waals surface area contributed by atoms with E-state index in [0.29, 0.717) is 17.7 Å². The number of likely N-dealkylation sites (N-methyl/N-ethyl adjacent to an activating group) is 1. The quantitative estimate of drug-likeness (QED) is 0.736. The van der Waals surface area contributed by atoms with Gasteiger partial charge in [0.1, 0.15) is 12.6 Å². The minimum absolute atomic E-state index is 0.00122. The van der Waals surface area contributed by atoms with Crippen molar-refractivity contribution in [3.63, 3.8) is 0 Å². The Morgan fingerprint density at radius 1 is 1.18 bits per heavy atom. The summed E-state index contributed by atoms with van der Waals surface area (Å²) in [6.07, 6.45) is 4.88. The van der Waals surface area contributed by atoms with Crippen LogP contribution in [0, 0.1) is 0 Å². The summed E-state index contributed by atoms with van der Waals surface area (Å²) in [6.45, 7) is 7.37. The maximum atomic E-state index is 13.9. The SMILES string of the molecule is CN1CN(C(=O)C(c2cccnc2)N(C(=O)C2CCCN2)c2ccc(C(C)(C)C)cc2)CC1=O. The Morgan fingerprint density at radius 2 is 1.91 bits per heavy atom. The van der Waals surface area contributed by atoms with Gasteiger partial charge in [-0.1, -0.05) is 39.0 Å².